The van der Waals surface area contributed by atoms with E-state index >= 15 is 0 Å². The van der Waals surface area contributed by atoms with Gasteiger partial charge in [0.15, 0.2) is 11.5 Å². The maximum absolute atomic E-state index is 10.9. The molecule has 1 unspecified atom stereocenters. The van der Waals surface area contributed by atoms with E-state index < -0.39 is 0 Å². The first-order valence-electron chi connectivity index (χ1n) is 4.48. The molecule has 2 nitrogen and oxygen atoms in total. The smallest absolute Gasteiger partial charge is 0.170 e. The fourth-order valence-electron chi connectivity index (χ4n) is 1.54. The normalized spacial score (nSPS) is 14.3. The van der Waals surface area contributed by atoms with Gasteiger partial charge in [0.1, 0.15) is 5.78 Å². The average molecular weight is 176 g/mol. The molecule has 1 aliphatic rings. The molecule has 0 bridgehead atoms. The number of fused-ring (bicyclic) bond motifs is 1. The number of Topliss-reactive ketones (excluding diaryl/α,β-unsaturated/α-hetero) is 1. The molecule has 2 rings (SSSR count). The van der Waals surface area contributed by atoms with E-state index in [1.165, 1.54) is 5.56 Å². The molecule has 2 heteroatoms. The van der Waals surface area contributed by atoms with Crippen molar-refractivity contribution in [2.45, 2.75) is 26.2 Å². The van der Waals surface area contributed by atoms with Gasteiger partial charge < -0.3 is 9.53 Å². The quantitative estimate of drug-likeness (QED) is 0.673. The highest BCUT2D eigenvalue weighted by Gasteiger charge is 2.21. The third kappa shape index (κ3) is 1.72. The number of carbonyl (C=O) groups excluding carboxylic acids is 1. The molecular formula is C11H12O2. The second kappa shape index (κ2) is 2.87. The van der Waals surface area contributed by atoms with Gasteiger partial charge in [-0.25, -0.2) is 0 Å². The highest BCUT2D eigenvalue weighted by Crippen LogP contribution is 2.46. The number of hydrogen-bond acceptors (Lipinski definition) is 2. The van der Waals surface area contributed by atoms with Crippen LogP contribution in [0.5, 0.6) is 11.5 Å². The van der Waals surface area contributed by atoms with E-state index in [2.05, 4.69) is 6.92 Å². The van der Waals surface area contributed by atoms with Gasteiger partial charge in [-0.2, -0.15) is 0 Å². The monoisotopic (exact) mass is 176 g/mol. The molecule has 1 aliphatic heterocycles. The predicted molar refractivity (Wildman–Crippen MR) is 50.2 cm³/mol. The second-order valence-corrected chi connectivity index (χ2v) is 3.62. The Hall–Kier alpha value is -1.31. The van der Waals surface area contributed by atoms with Crippen molar-refractivity contribution in [2.24, 2.45) is 0 Å². The summed E-state index contributed by atoms with van der Waals surface area (Å²) in [5.41, 5.74) is 1.19. The molecule has 1 aromatic rings. The van der Waals surface area contributed by atoms with E-state index in [0.717, 1.165) is 11.5 Å². The maximum Gasteiger partial charge on any atom is 0.170 e. The molecule has 0 N–H and O–H groups in total. The van der Waals surface area contributed by atoms with Crippen molar-refractivity contribution in [2.75, 3.05) is 0 Å². The van der Waals surface area contributed by atoms with Crippen molar-refractivity contribution in [3.63, 3.8) is 0 Å². The van der Waals surface area contributed by atoms with Crippen molar-refractivity contribution >= 4 is 5.78 Å². The van der Waals surface area contributed by atoms with Gasteiger partial charge in [0.25, 0.3) is 0 Å². The zero-order valence-corrected chi connectivity index (χ0v) is 7.83. The minimum absolute atomic E-state index is 0.235. The third-order valence-corrected chi connectivity index (χ3v) is 2.31. The van der Waals surface area contributed by atoms with E-state index in [1.807, 2.05) is 18.2 Å². The molecule has 0 saturated carbocycles. The first kappa shape index (κ1) is 8.30. The van der Waals surface area contributed by atoms with Gasteiger partial charge in [-0.3, -0.25) is 0 Å². The Morgan fingerprint density at radius 1 is 1.46 bits per heavy atom. The van der Waals surface area contributed by atoms with Crippen LogP contribution < -0.4 is 4.74 Å². The van der Waals surface area contributed by atoms with Crippen molar-refractivity contribution in [3.8, 4) is 11.5 Å². The third-order valence-electron chi connectivity index (χ3n) is 2.31. The average Bonchev–Trinajstić information content (AvgIpc) is 2.79. The summed E-state index contributed by atoms with van der Waals surface area (Å²) >= 11 is 0. The van der Waals surface area contributed by atoms with Crippen LogP contribution in [0.4, 0.5) is 0 Å². The molecule has 68 valence electrons. The van der Waals surface area contributed by atoms with E-state index in [0.29, 0.717) is 12.3 Å². The number of carbonyl (C=O) groups is 1. The number of ketones is 1. The minimum Gasteiger partial charge on any atom is -0.450 e. The molecule has 0 amide bonds. The predicted octanol–water partition coefficient (Wildman–Crippen LogP) is 2.87. The van der Waals surface area contributed by atoms with E-state index in [4.69, 9.17) is 4.74 Å². The topological polar surface area (TPSA) is 29.6 Å². The Balaban J connectivity index is 2.12. The van der Waals surface area contributed by atoms with Gasteiger partial charge in [-0.1, -0.05) is 13.0 Å². The highest BCUT2D eigenvalue weighted by atomic mass is 16.6. The van der Waals surface area contributed by atoms with Crippen molar-refractivity contribution in [1.82, 2.24) is 0 Å². The largest absolute Gasteiger partial charge is 0.450 e. The van der Waals surface area contributed by atoms with Crippen LogP contribution in [0.1, 0.15) is 31.7 Å². The van der Waals surface area contributed by atoms with E-state index in [9.17, 15) is 4.79 Å². The fourth-order valence-corrected chi connectivity index (χ4v) is 1.54. The van der Waals surface area contributed by atoms with Crippen LogP contribution >= 0.6 is 0 Å². The van der Waals surface area contributed by atoms with Crippen LogP contribution in [0.15, 0.2) is 18.2 Å². The molecule has 1 atom stereocenters. The Morgan fingerprint density at radius 2 is 2.23 bits per heavy atom. The molecule has 1 heterocycles. The van der Waals surface area contributed by atoms with Gasteiger partial charge in [-0.05, 0) is 30.5 Å². The summed E-state index contributed by atoms with van der Waals surface area (Å²) in [5, 5.41) is 0. The van der Waals surface area contributed by atoms with E-state index in [-0.39, 0.29) is 5.78 Å². The van der Waals surface area contributed by atoms with Crippen LogP contribution in [-0.2, 0) is 4.79 Å². The first-order valence-corrected chi connectivity index (χ1v) is 4.48. The maximum atomic E-state index is 10.9. The number of rotatable bonds is 3. The van der Waals surface area contributed by atoms with Gasteiger partial charge in [0.05, 0.1) is 0 Å². The Morgan fingerprint density at radius 3 is 2.85 bits per heavy atom. The van der Waals surface area contributed by atoms with Gasteiger partial charge in [0.2, 0.25) is 0 Å². The summed E-state index contributed by atoms with van der Waals surface area (Å²) in [6.45, 7) is 3.69. The number of benzene rings is 1. The minimum atomic E-state index is 0.235. The van der Waals surface area contributed by atoms with Crippen molar-refractivity contribution < 1.29 is 9.53 Å². The van der Waals surface area contributed by atoms with Crippen LogP contribution in [-0.4, -0.2) is 5.78 Å². The van der Waals surface area contributed by atoms with Crippen LogP contribution in [0.2, 0.25) is 0 Å². The molecular weight excluding hydrogens is 164 g/mol. The first-order chi connectivity index (χ1) is 6.16. The molecule has 0 aliphatic carbocycles. The lowest BCUT2D eigenvalue weighted by Gasteiger charge is -2.07. The van der Waals surface area contributed by atoms with Gasteiger partial charge in [0, 0.05) is 6.42 Å². The van der Waals surface area contributed by atoms with Crippen LogP contribution in [0.25, 0.3) is 0 Å². The molecule has 0 radical (unpaired) electrons. The fraction of sp³-hybridized carbons (Fsp3) is 0.364. The standard InChI is InChI=1S/C11H12O2/c1-7(5-8(2)12)9-3-4-10-11(6-9)13-10/h3-4,6-7H,5H2,1-2H3. The molecule has 0 aromatic heterocycles. The van der Waals surface area contributed by atoms with Crippen molar-refractivity contribution in [3.05, 3.63) is 23.8 Å². The van der Waals surface area contributed by atoms with Gasteiger partial charge >= 0.3 is 0 Å². The Bertz CT molecular complexity index is 355. The summed E-state index contributed by atoms with van der Waals surface area (Å²) < 4.78 is 5.15. The summed E-state index contributed by atoms with van der Waals surface area (Å²) in [6, 6.07) is 6.00. The SMILES string of the molecule is CC(=O)CC(C)c1ccc2c(c1)O2. The lowest BCUT2D eigenvalue weighted by atomic mass is 9.96. The second-order valence-electron chi connectivity index (χ2n) is 3.62. The summed E-state index contributed by atoms with van der Waals surface area (Å²) in [7, 11) is 0. The highest BCUT2D eigenvalue weighted by molar-refractivity contribution is 5.76. The lowest BCUT2D eigenvalue weighted by molar-refractivity contribution is -0.117. The van der Waals surface area contributed by atoms with Crippen LogP contribution in [0.3, 0.4) is 0 Å². The summed E-state index contributed by atoms with van der Waals surface area (Å²) in [4.78, 5) is 10.9. The molecule has 13 heavy (non-hydrogen) atoms. The summed E-state index contributed by atoms with van der Waals surface area (Å²) in [6.07, 6.45) is 0.610. The van der Waals surface area contributed by atoms with Gasteiger partial charge in [-0.15, -0.1) is 0 Å². The molecule has 0 fully saturated rings. The molecule has 0 saturated heterocycles. The number of hydrogen-bond donors (Lipinski definition) is 0. The zero-order valence-electron chi connectivity index (χ0n) is 7.83. The summed E-state index contributed by atoms with van der Waals surface area (Å²) in [5.74, 6) is 2.47. The van der Waals surface area contributed by atoms with E-state index in [1.54, 1.807) is 6.92 Å². The molecule has 0 spiro atoms. The Labute approximate surface area is 77.5 Å². The number of ether oxygens (including phenoxy) is 1. The van der Waals surface area contributed by atoms with Crippen molar-refractivity contribution in [1.29, 1.82) is 0 Å². The zero-order chi connectivity index (χ0) is 9.42. The Kier molecular flexibility index (Phi) is 1.83. The molecule has 1 aromatic carbocycles. The van der Waals surface area contributed by atoms with Crippen LogP contribution in [0, 0.1) is 0 Å². The lowest BCUT2D eigenvalue weighted by Crippen LogP contribution is -1.99.